The average molecular weight is 316 g/mol. The van der Waals surface area contributed by atoms with E-state index < -0.39 is 29.2 Å². The van der Waals surface area contributed by atoms with Crippen LogP contribution in [0.25, 0.3) is 0 Å². The minimum atomic E-state index is -5.07. The van der Waals surface area contributed by atoms with Gasteiger partial charge in [-0.05, 0) is 13.0 Å². The lowest BCUT2D eigenvalue weighted by Crippen LogP contribution is -2.61. The van der Waals surface area contributed by atoms with E-state index in [9.17, 15) is 22.8 Å². The minimum absolute atomic E-state index is 0.0777. The molecule has 1 aromatic rings. The van der Waals surface area contributed by atoms with Gasteiger partial charge < -0.3 is 10.1 Å². The number of carbonyl (C=O) groups is 2. The van der Waals surface area contributed by atoms with Crippen LogP contribution < -0.4 is 15.6 Å². The number of hydrogen-bond acceptors (Lipinski definition) is 4. The molecular formula is C13H13F3N3O3+. The normalized spacial score (nSPS) is 21.6. The van der Waals surface area contributed by atoms with Crippen LogP contribution in [0.1, 0.15) is 6.92 Å². The summed E-state index contributed by atoms with van der Waals surface area (Å²) in [4.78, 5) is 26.4. The van der Waals surface area contributed by atoms with Crippen molar-refractivity contribution in [2.45, 2.75) is 18.6 Å². The topological polar surface area (TPSA) is 81.6 Å². The van der Waals surface area contributed by atoms with Gasteiger partial charge in [-0.1, -0.05) is 6.07 Å². The zero-order chi connectivity index (χ0) is 16.5. The van der Waals surface area contributed by atoms with Gasteiger partial charge in [0.15, 0.2) is 0 Å². The van der Waals surface area contributed by atoms with Crippen LogP contribution in [0.3, 0.4) is 0 Å². The van der Waals surface area contributed by atoms with Crippen molar-refractivity contribution in [1.29, 1.82) is 0 Å². The molecule has 0 aromatic carbocycles. The monoisotopic (exact) mass is 316 g/mol. The molecule has 0 bridgehead atoms. The van der Waals surface area contributed by atoms with Crippen LogP contribution >= 0.6 is 0 Å². The molecule has 1 atom stereocenters. The van der Waals surface area contributed by atoms with Crippen LogP contribution in [0, 0.1) is 0 Å². The Morgan fingerprint density at radius 2 is 2.09 bits per heavy atom. The van der Waals surface area contributed by atoms with E-state index in [0.717, 1.165) is 7.11 Å². The molecule has 0 unspecified atom stereocenters. The molecule has 1 amide bonds. The van der Waals surface area contributed by atoms with Gasteiger partial charge in [-0.3, -0.25) is 4.79 Å². The number of amides is 1. The van der Waals surface area contributed by atoms with E-state index in [0.29, 0.717) is 0 Å². The molecule has 0 saturated carbocycles. The lowest BCUT2D eigenvalue weighted by Gasteiger charge is -2.27. The summed E-state index contributed by atoms with van der Waals surface area (Å²) in [5.74, 6) is -2.71. The number of hydrogen-bond donors (Lipinski definition) is 2. The van der Waals surface area contributed by atoms with E-state index in [1.54, 1.807) is 6.07 Å². The zero-order valence-corrected chi connectivity index (χ0v) is 11.7. The molecule has 6 nitrogen and oxygen atoms in total. The quantitative estimate of drug-likeness (QED) is 0.808. The maximum atomic E-state index is 13.7. The molecule has 0 spiro atoms. The molecule has 3 N–H and O–H groups in total. The molecule has 1 aliphatic rings. The SMILES string of the molecule is COC(=O)C1=C(C)NC(=O)[C@]1(Nc1cccc[nH+]1)C(F)(F)F. The minimum Gasteiger partial charge on any atom is -0.465 e. The van der Waals surface area contributed by atoms with Gasteiger partial charge in [-0.2, -0.15) is 13.2 Å². The van der Waals surface area contributed by atoms with Crippen LogP contribution in [-0.4, -0.2) is 30.7 Å². The van der Waals surface area contributed by atoms with Crippen molar-refractivity contribution >= 4 is 17.7 Å². The summed E-state index contributed by atoms with van der Waals surface area (Å²) < 4.78 is 45.5. The van der Waals surface area contributed by atoms with Crippen molar-refractivity contribution in [3.63, 3.8) is 0 Å². The Kier molecular flexibility index (Phi) is 3.82. The third-order valence-corrected chi connectivity index (χ3v) is 3.24. The molecule has 1 aromatic heterocycles. The highest BCUT2D eigenvalue weighted by Crippen LogP contribution is 2.43. The van der Waals surface area contributed by atoms with Gasteiger partial charge in [0.05, 0.1) is 13.3 Å². The molecule has 1 aliphatic heterocycles. The second-order valence-corrected chi connectivity index (χ2v) is 4.59. The van der Waals surface area contributed by atoms with Gasteiger partial charge in [0.1, 0.15) is 5.57 Å². The molecule has 22 heavy (non-hydrogen) atoms. The summed E-state index contributed by atoms with van der Waals surface area (Å²) in [5.41, 5.74) is -4.25. The number of aromatic amines is 1. The smallest absolute Gasteiger partial charge is 0.446 e. The Hall–Kier alpha value is -2.58. The van der Waals surface area contributed by atoms with E-state index >= 15 is 0 Å². The summed E-state index contributed by atoms with van der Waals surface area (Å²) in [6.07, 6.45) is -3.68. The number of rotatable bonds is 3. The number of H-pyrrole nitrogens is 1. The third-order valence-electron chi connectivity index (χ3n) is 3.24. The van der Waals surface area contributed by atoms with Crippen molar-refractivity contribution in [3.05, 3.63) is 35.7 Å². The standard InChI is InChI=1S/C13H12F3N3O3/c1-7-9(10(20)22-2)12(11(21)18-7,13(14,15)16)19-8-5-3-4-6-17-8/h3-6H,1-2H3,(H,17,19)(H,18,21)/p+1/t12-/m0/s1. The Balaban J connectivity index is 2.63. The van der Waals surface area contributed by atoms with E-state index in [1.165, 1.54) is 25.3 Å². The maximum Gasteiger partial charge on any atom is 0.446 e. The molecular weight excluding hydrogens is 303 g/mol. The Morgan fingerprint density at radius 3 is 2.59 bits per heavy atom. The van der Waals surface area contributed by atoms with Gasteiger partial charge >= 0.3 is 17.7 Å². The van der Waals surface area contributed by atoms with Gasteiger partial charge in [0.25, 0.3) is 11.7 Å². The second-order valence-electron chi connectivity index (χ2n) is 4.59. The first kappa shape index (κ1) is 15.8. The largest absolute Gasteiger partial charge is 0.465 e. The maximum absolute atomic E-state index is 13.7. The fraction of sp³-hybridized carbons (Fsp3) is 0.308. The highest BCUT2D eigenvalue weighted by molar-refractivity contribution is 6.10. The molecule has 2 rings (SSSR count). The van der Waals surface area contributed by atoms with Gasteiger partial charge in [0, 0.05) is 11.8 Å². The first-order valence-electron chi connectivity index (χ1n) is 6.16. The average Bonchev–Trinajstić information content (AvgIpc) is 2.70. The number of allylic oxidation sites excluding steroid dienone is 1. The number of methoxy groups -OCH3 is 1. The predicted octanol–water partition coefficient (Wildman–Crippen LogP) is 0.790. The molecule has 118 valence electrons. The van der Waals surface area contributed by atoms with Crippen molar-refractivity contribution in [2.24, 2.45) is 0 Å². The van der Waals surface area contributed by atoms with Crippen molar-refractivity contribution in [1.82, 2.24) is 5.32 Å². The Morgan fingerprint density at radius 1 is 1.41 bits per heavy atom. The number of carbonyl (C=O) groups excluding carboxylic acids is 2. The first-order chi connectivity index (χ1) is 10.2. The van der Waals surface area contributed by atoms with Gasteiger partial charge in [-0.15, -0.1) is 0 Å². The van der Waals surface area contributed by atoms with Crippen molar-refractivity contribution < 1.29 is 32.5 Å². The van der Waals surface area contributed by atoms with Crippen LogP contribution in [0.5, 0.6) is 0 Å². The molecule has 9 heteroatoms. The van der Waals surface area contributed by atoms with Crippen LogP contribution in [0.4, 0.5) is 19.0 Å². The van der Waals surface area contributed by atoms with E-state index in [2.05, 4.69) is 15.0 Å². The fourth-order valence-electron chi connectivity index (χ4n) is 2.26. The third kappa shape index (κ3) is 2.28. The molecule has 0 saturated heterocycles. The van der Waals surface area contributed by atoms with Gasteiger partial charge in [-0.25, -0.2) is 15.1 Å². The number of ether oxygens (including phenoxy) is 1. The lowest BCUT2D eigenvalue weighted by molar-refractivity contribution is -0.362. The summed E-state index contributed by atoms with van der Waals surface area (Å²) in [6.45, 7) is 1.20. The number of aromatic nitrogens is 1. The molecule has 0 aliphatic carbocycles. The first-order valence-corrected chi connectivity index (χ1v) is 6.16. The highest BCUT2D eigenvalue weighted by Gasteiger charge is 2.72. The van der Waals surface area contributed by atoms with E-state index in [1.807, 2.05) is 5.32 Å². The van der Waals surface area contributed by atoms with Crippen molar-refractivity contribution in [2.75, 3.05) is 12.4 Å². The number of alkyl halides is 3. The number of anilines is 1. The lowest BCUT2D eigenvalue weighted by atomic mass is 9.89. The summed E-state index contributed by atoms with van der Waals surface area (Å²) in [5, 5.41) is 4.13. The molecule has 0 radical (unpaired) electrons. The number of nitrogens with one attached hydrogen (secondary N) is 3. The van der Waals surface area contributed by atoms with Crippen LogP contribution in [0.15, 0.2) is 35.7 Å². The summed E-state index contributed by atoms with van der Waals surface area (Å²) >= 11 is 0. The predicted molar refractivity (Wildman–Crippen MR) is 68.3 cm³/mol. The van der Waals surface area contributed by atoms with Crippen LogP contribution in [-0.2, 0) is 14.3 Å². The van der Waals surface area contributed by atoms with E-state index in [-0.39, 0.29) is 11.5 Å². The molecule has 0 fully saturated rings. The van der Waals surface area contributed by atoms with E-state index in [4.69, 9.17) is 0 Å². The molecule has 2 heterocycles. The van der Waals surface area contributed by atoms with Crippen molar-refractivity contribution in [3.8, 4) is 0 Å². The number of halogens is 3. The Bertz CT molecular complexity index is 643. The number of esters is 1. The fourth-order valence-corrected chi connectivity index (χ4v) is 2.26. The highest BCUT2D eigenvalue weighted by atomic mass is 19.4. The summed E-state index contributed by atoms with van der Waals surface area (Å²) in [6, 6.07) is 4.34. The number of pyridine rings is 1. The second kappa shape index (κ2) is 5.32. The van der Waals surface area contributed by atoms with Gasteiger partial charge in [0.2, 0.25) is 0 Å². The Labute approximate surface area is 123 Å². The summed E-state index contributed by atoms with van der Waals surface area (Å²) in [7, 11) is 0.946. The van der Waals surface area contributed by atoms with Crippen LogP contribution in [0.2, 0.25) is 0 Å². The zero-order valence-electron chi connectivity index (χ0n) is 11.7.